The lowest BCUT2D eigenvalue weighted by atomic mass is 9.97. The fourth-order valence-corrected chi connectivity index (χ4v) is 5.11. The van der Waals surface area contributed by atoms with Gasteiger partial charge in [-0.2, -0.15) is 11.8 Å². The molecular weight excluding hydrogens is 356 g/mol. The van der Waals surface area contributed by atoms with Crippen LogP contribution in [0, 0.1) is 0 Å². The molecule has 25 heavy (non-hydrogen) atoms. The van der Waals surface area contributed by atoms with Crippen molar-refractivity contribution in [2.45, 2.75) is 37.9 Å². The molecule has 0 atom stereocenters. The van der Waals surface area contributed by atoms with E-state index in [0.717, 1.165) is 36.0 Å². The van der Waals surface area contributed by atoms with Gasteiger partial charge in [0.2, 0.25) is 5.91 Å². The number of nitrogens with one attached hydrogen (secondary N) is 3. The number of rotatable bonds is 8. The van der Waals surface area contributed by atoms with E-state index >= 15 is 0 Å². The van der Waals surface area contributed by atoms with Crippen LogP contribution in [0.15, 0.2) is 4.79 Å². The molecule has 0 aromatic carbocycles. The molecule has 0 bridgehead atoms. The third-order valence-electron chi connectivity index (χ3n) is 4.28. The Morgan fingerprint density at radius 2 is 2.16 bits per heavy atom. The number of likely N-dealkylation sites (N-methyl/N-ethyl adjacent to an activating group) is 1. The number of aromatic amines is 1. The van der Waals surface area contributed by atoms with Crippen molar-refractivity contribution in [2.75, 3.05) is 25.9 Å². The number of amides is 1. The second kappa shape index (κ2) is 8.82. The average molecular weight is 381 g/mol. The summed E-state index contributed by atoms with van der Waals surface area (Å²) in [6.45, 7) is 1.42. The molecule has 0 aliphatic heterocycles. The molecule has 2 heterocycles. The maximum absolute atomic E-state index is 12.5. The van der Waals surface area contributed by atoms with Crippen molar-refractivity contribution in [3.8, 4) is 0 Å². The molecule has 0 fully saturated rings. The van der Waals surface area contributed by atoms with Crippen molar-refractivity contribution in [2.24, 2.45) is 0 Å². The topological polar surface area (TPSA) is 86.9 Å². The summed E-state index contributed by atoms with van der Waals surface area (Å²) in [5, 5.41) is 6.65. The van der Waals surface area contributed by atoms with Gasteiger partial charge in [-0.1, -0.05) is 0 Å². The van der Waals surface area contributed by atoms with E-state index in [4.69, 9.17) is 0 Å². The highest BCUT2D eigenvalue weighted by molar-refractivity contribution is 7.98. The van der Waals surface area contributed by atoms with Crippen LogP contribution in [0.3, 0.4) is 0 Å². The van der Waals surface area contributed by atoms with Gasteiger partial charge in [0.1, 0.15) is 10.7 Å². The number of aromatic nitrogens is 2. The monoisotopic (exact) mass is 380 g/mol. The SMILES string of the molecule is CNCCNC(=O)CCSCc1nc2sc3c(c2c(=O)[nH]1)CCCC3. The van der Waals surface area contributed by atoms with Gasteiger partial charge in [0.15, 0.2) is 0 Å². The van der Waals surface area contributed by atoms with Gasteiger partial charge in [-0.05, 0) is 38.3 Å². The maximum Gasteiger partial charge on any atom is 0.259 e. The Morgan fingerprint density at radius 1 is 1.32 bits per heavy atom. The summed E-state index contributed by atoms with van der Waals surface area (Å²) < 4.78 is 0. The van der Waals surface area contributed by atoms with E-state index in [1.807, 2.05) is 7.05 Å². The maximum atomic E-state index is 12.5. The van der Waals surface area contributed by atoms with E-state index in [0.29, 0.717) is 30.3 Å². The minimum absolute atomic E-state index is 0.00944. The minimum atomic E-state index is -0.00944. The van der Waals surface area contributed by atoms with Crippen LogP contribution < -0.4 is 16.2 Å². The fraction of sp³-hybridized carbons (Fsp3) is 0.588. The van der Waals surface area contributed by atoms with Crippen LogP contribution in [0.5, 0.6) is 0 Å². The molecule has 0 spiro atoms. The summed E-state index contributed by atoms with van der Waals surface area (Å²) in [6.07, 6.45) is 4.91. The Balaban J connectivity index is 1.56. The van der Waals surface area contributed by atoms with Gasteiger partial charge in [-0.3, -0.25) is 9.59 Å². The number of aryl methyl sites for hydroxylation is 2. The zero-order chi connectivity index (χ0) is 17.6. The van der Waals surface area contributed by atoms with Gasteiger partial charge < -0.3 is 15.6 Å². The van der Waals surface area contributed by atoms with E-state index in [1.54, 1.807) is 23.1 Å². The van der Waals surface area contributed by atoms with Crippen LogP contribution in [0.1, 0.15) is 35.5 Å². The Labute approximate surface area is 155 Å². The van der Waals surface area contributed by atoms with Gasteiger partial charge in [0.25, 0.3) is 5.56 Å². The Morgan fingerprint density at radius 3 is 3.00 bits per heavy atom. The molecule has 1 aliphatic carbocycles. The summed E-state index contributed by atoms with van der Waals surface area (Å²) in [5.74, 6) is 2.10. The Kier molecular flexibility index (Phi) is 6.50. The van der Waals surface area contributed by atoms with Crippen LogP contribution in [-0.4, -0.2) is 41.8 Å². The number of H-pyrrole nitrogens is 1. The predicted molar refractivity (Wildman–Crippen MR) is 105 cm³/mol. The molecule has 0 saturated carbocycles. The standard InChI is InChI=1S/C17H24N4O2S2/c1-18-7-8-19-14(22)6-9-24-10-13-20-16(23)15-11-4-2-3-5-12(11)25-17(15)21-13/h18H,2-10H2,1H3,(H,19,22)(H,20,21,23). The lowest BCUT2D eigenvalue weighted by Gasteiger charge is -2.09. The molecule has 2 aromatic rings. The Bertz CT molecular complexity index is 800. The number of nitrogens with zero attached hydrogens (tertiary/aromatic N) is 1. The number of hydrogen-bond donors (Lipinski definition) is 3. The van der Waals surface area contributed by atoms with Gasteiger partial charge in [0.05, 0.1) is 11.1 Å². The Hall–Kier alpha value is -1.38. The lowest BCUT2D eigenvalue weighted by Crippen LogP contribution is -2.30. The van der Waals surface area contributed by atoms with Crippen molar-refractivity contribution >= 4 is 39.2 Å². The van der Waals surface area contributed by atoms with Gasteiger partial charge in [0, 0.05) is 30.1 Å². The summed E-state index contributed by atoms with van der Waals surface area (Å²) in [4.78, 5) is 33.9. The van der Waals surface area contributed by atoms with Crippen LogP contribution >= 0.6 is 23.1 Å². The summed E-state index contributed by atoms with van der Waals surface area (Å²) in [6, 6.07) is 0. The number of carbonyl (C=O) groups excluding carboxylic acids is 1. The number of carbonyl (C=O) groups is 1. The van der Waals surface area contributed by atoms with Crippen LogP contribution in [0.25, 0.3) is 10.2 Å². The number of thioether (sulfide) groups is 1. The quantitative estimate of drug-likeness (QED) is 0.608. The summed E-state index contributed by atoms with van der Waals surface area (Å²) >= 11 is 3.29. The zero-order valence-electron chi connectivity index (χ0n) is 14.4. The first-order valence-corrected chi connectivity index (χ1v) is 10.7. The molecule has 0 saturated heterocycles. The molecule has 136 valence electrons. The number of fused-ring (bicyclic) bond motifs is 3. The normalized spacial score (nSPS) is 13.8. The van der Waals surface area contributed by atoms with Crippen molar-refractivity contribution in [3.63, 3.8) is 0 Å². The number of thiophene rings is 1. The van der Waals surface area contributed by atoms with Crippen LogP contribution in [0.2, 0.25) is 0 Å². The first kappa shape index (κ1) is 18.4. The highest BCUT2D eigenvalue weighted by Gasteiger charge is 2.19. The van der Waals surface area contributed by atoms with Gasteiger partial charge >= 0.3 is 0 Å². The van der Waals surface area contributed by atoms with E-state index in [2.05, 4.69) is 20.6 Å². The molecule has 1 amide bonds. The van der Waals surface area contributed by atoms with Crippen molar-refractivity contribution in [3.05, 3.63) is 26.6 Å². The average Bonchev–Trinajstić information content (AvgIpc) is 2.98. The first-order valence-electron chi connectivity index (χ1n) is 8.71. The van der Waals surface area contributed by atoms with E-state index < -0.39 is 0 Å². The summed E-state index contributed by atoms with van der Waals surface area (Å²) in [5.41, 5.74) is 1.21. The van der Waals surface area contributed by atoms with Crippen molar-refractivity contribution < 1.29 is 4.79 Å². The molecule has 2 aromatic heterocycles. The van der Waals surface area contributed by atoms with Crippen molar-refractivity contribution in [1.29, 1.82) is 0 Å². The molecule has 1 aliphatic rings. The van der Waals surface area contributed by atoms with Gasteiger partial charge in [-0.15, -0.1) is 11.3 Å². The molecule has 3 rings (SSSR count). The van der Waals surface area contributed by atoms with E-state index in [-0.39, 0.29) is 11.5 Å². The smallest absolute Gasteiger partial charge is 0.259 e. The van der Waals surface area contributed by atoms with E-state index in [1.165, 1.54) is 16.9 Å². The molecular formula is C17H24N4O2S2. The molecule has 8 heteroatoms. The lowest BCUT2D eigenvalue weighted by molar-refractivity contribution is -0.120. The third kappa shape index (κ3) is 4.62. The predicted octanol–water partition coefficient (Wildman–Crippen LogP) is 1.82. The highest BCUT2D eigenvalue weighted by atomic mass is 32.2. The van der Waals surface area contributed by atoms with Crippen molar-refractivity contribution in [1.82, 2.24) is 20.6 Å². The summed E-state index contributed by atoms with van der Waals surface area (Å²) in [7, 11) is 1.86. The van der Waals surface area contributed by atoms with E-state index in [9.17, 15) is 9.59 Å². The second-order valence-electron chi connectivity index (χ2n) is 6.16. The minimum Gasteiger partial charge on any atom is -0.355 e. The zero-order valence-corrected chi connectivity index (χ0v) is 16.1. The van der Waals surface area contributed by atoms with Crippen LogP contribution in [-0.2, 0) is 23.4 Å². The highest BCUT2D eigenvalue weighted by Crippen LogP contribution is 2.33. The van der Waals surface area contributed by atoms with Crippen LogP contribution in [0.4, 0.5) is 0 Å². The first-order chi connectivity index (χ1) is 12.2. The molecule has 0 unspecified atom stereocenters. The third-order valence-corrected chi connectivity index (χ3v) is 6.44. The largest absolute Gasteiger partial charge is 0.355 e. The molecule has 6 nitrogen and oxygen atoms in total. The molecule has 0 radical (unpaired) electrons. The van der Waals surface area contributed by atoms with Gasteiger partial charge in [-0.25, -0.2) is 4.98 Å². The fourth-order valence-electron chi connectivity index (χ4n) is 3.03. The molecule has 3 N–H and O–H groups in total. The number of hydrogen-bond acceptors (Lipinski definition) is 6. The second-order valence-corrected chi connectivity index (χ2v) is 8.35.